The maximum Gasteiger partial charge on any atom is 0.0159 e. The maximum atomic E-state index is 2.43. The lowest BCUT2D eigenvalue weighted by Gasteiger charge is -2.25. The molecule has 0 aromatic heterocycles. The third-order valence-corrected chi connectivity index (χ3v) is 5.43. The molecule has 4 rings (SSSR count). The van der Waals surface area contributed by atoms with Crippen molar-refractivity contribution in [2.75, 3.05) is 0 Å². The van der Waals surface area contributed by atoms with Crippen molar-refractivity contribution in [2.24, 2.45) is 0 Å². The normalized spacial score (nSPS) is 15.5. The first-order valence-electron chi connectivity index (χ1n) is 8.48. The van der Waals surface area contributed by atoms with Crippen molar-refractivity contribution in [1.82, 2.24) is 0 Å². The van der Waals surface area contributed by atoms with Gasteiger partial charge in [-0.05, 0) is 44.0 Å². The molecule has 0 radical (unpaired) electrons. The standard InChI is InChI=1S/C23H24/c1-22(2,3)16-11-12-18-20(14-16)23(4,5)19-13-10-15-8-6-7-9-17(15)21(18)19/h6-14H,1-5H3. The quantitative estimate of drug-likeness (QED) is 0.448. The van der Waals surface area contributed by atoms with Crippen molar-refractivity contribution in [3.05, 3.63) is 71.3 Å². The minimum absolute atomic E-state index is 0.0654. The number of hydrogen-bond acceptors (Lipinski definition) is 0. The fourth-order valence-electron chi connectivity index (χ4n) is 3.97. The van der Waals surface area contributed by atoms with Crippen LogP contribution in [-0.4, -0.2) is 0 Å². The van der Waals surface area contributed by atoms with Gasteiger partial charge in [0.15, 0.2) is 0 Å². The summed E-state index contributed by atoms with van der Waals surface area (Å²) >= 11 is 0. The van der Waals surface area contributed by atoms with Gasteiger partial charge in [0, 0.05) is 5.41 Å². The van der Waals surface area contributed by atoms with E-state index in [-0.39, 0.29) is 10.8 Å². The second-order valence-electron chi connectivity index (χ2n) is 8.34. The van der Waals surface area contributed by atoms with Gasteiger partial charge in [-0.25, -0.2) is 0 Å². The van der Waals surface area contributed by atoms with Crippen molar-refractivity contribution >= 4 is 10.8 Å². The second kappa shape index (κ2) is 4.47. The highest BCUT2D eigenvalue weighted by molar-refractivity contribution is 6.02. The van der Waals surface area contributed by atoms with E-state index < -0.39 is 0 Å². The molecule has 0 nitrogen and oxygen atoms in total. The van der Waals surface area contributed by atoms with Crippen LogP contribution < -0.4 is 0 Å². The molecule has 0 bridgehead atoms. The molecule has 116 valence electrons. The van der Waals surface area contributed by atoms with Crippen molar-refractivity contribution in [3.8, 4) is 11.1 Å². The van der Waals surface area contributed by atoms with Crippen molar-refractivity contribution in [1.29, 1.82) is 0 Å². The summed E-state index contributed by atoms with van der Waals surface area (Å²) in [6.45, 7) is 11.6. The zero-order valence-corrected chi connectivity index (χ0v) is 14.7. The molecule has 0 saturated heterocycles. The van der Waals surface area contributed by atoms with Crippen LogP contribution in [0.1, 0.15) is 51.3 Å². The summed E-state index contributed by atoms with van der Waals surface area (Å²) in [7, 11) is 0. The smallest absolute Gasteiger partial charge is 0.0159 e. The van der Waals surface area contributed by atoms with Gasteiger partial charge in [-0.1, -0.05) is 89.2 Å². The summed E-state index contributed by atoms with van der Waals surface area (Å²) in [4.78, 5) is 0. The molecule has 0 unspecified atom stereocenters. The highest BCUT2D eigenvalue weighted by Gasteiger charge is 2.37. The summed E-state index contributed by atoms with van der Waals surface area (Å²) in [6.07, 6.45) is 0. The van der Waals surface area contributed by atoms with E-state index in [2.05, 4.69) is 89.2 Å². The minimum atomic E-state index is 0.0654. The fraction of sp³-hybridized carbons (Fsp3) is 0.304. The Labute approximate surface area is 139 Å². The first-order valence-corrected chi connectivity index (χ1v) is 8.48. The third kappa shape index (κ3) is 1.97. The van der Waals surface area contributed by atoms with Crippen LogP contribution >= 0.6 is 0 Å². The molecule has 0 spiro atoms. The monoisotopic (exact) mass is 300 g/mol. The molecule has 1 aliphatic rings. The highest BCUT2D eigenvalue weighted by atomic mass is 14.4. The Bertz CT molecular complexity index is 920. The largest absolute Gasteiger partial charge is 0.0616 e. The van der Waals surface area contributed by atoms with Crippen LogP contribution in [-0.2, 0) is 10.8 Å². The van der Waals surface area contributed by atoms with Gasteiger partial charge in [-0.15, -0.1) is 0 Å². The van der Waals surface area contributed by atoms with Crippen LogP contribution in [0, 0.1) is 0 Å². The molecule has 0 N–H and O–H groups in total. The van der Waals surface area contributed by atoms with Gasteiger partial charge < -0.3 is 0 Å². The summed E-state index contributed by atoms with van der Waals surface area (Å²) in [5, 5.41) is 2.70. The molecule has 3 aromatic rings. The Morgan fingerprint density at radius 1 is 0.783 bits per heavy atom. The second-order valence-corrected chi connectivity index (χ2v) is 8.34. The Morgan fingerprint density at radius 3 is 2.26 bits per heavy atom. The number of hydrogen-bond donors (Lipinski definition) is 0. The zero-order chi connectivity index (χ0) is 16.4. The molecule has 0 heteroatoms. The van der Waals surface area contributed by atoms with E-state index in [0.717, 1.165) is 0 Å². The molecule has 3 aromatic carbocycles. The lowest BCUT2D eigenvalue weighted by molar-refractivity contribution is 0.585. The molecule has 1 aliphatic carbocycles. The van der Waals surface area contributed by atoms with Crippen LogP contribution in [0.2, 0.25) is 0 Å². The van der Waals surface area contributed by atoms with E-state index in [0.29, 0.717) is 0 Å². The molecule has 0 amide bonds. The van der Waals surface area contributed by atoms with E-state index in [4.69, 9.17) is 0 Å². The molecule has 0 aliphatic heterocycles. The van der Waals surface area contributed by atoms with E-state index in [1.165, 1.54) is 38.6 Å². The zero-order valence-electron chi connectivity index (χ0n) is 14.7. The Hall–Kier alpha value is -2.08. The molecule has 0 heterocycles. The van der Waals surface area contributed by atoms with Crippen molar-refractivity contribution in [2.45, 2.75) is 45.4 Å². The summed E-state index contributed by atoms with van der Waals surface area (Å²) in [6, 6.07) is 20.4. The minimum Gasteiger partial charge on any atom is -0.0616 e. The maximum absolute atomic E-state index is 2.43. The van der Waals surface area contributed by atoms with Crippen LogP contribution in [0.25, 0.3) is 21.9 Å². The van der Waals surface area contributed by atoms with Crippen LogP contribution in [0.15, 0.2) is 54.6 Å². The summed E-state index contributed by atoms with van der Waals surface area (Å²) < 4.78 is 0. The Balaban J connectivity index is 2.08. The topological polar surface area (TPSA) is 0 Å². The van der Waals surface area contributed by atoms with E-state index >= 15 is 0 Å². The lowest BCUT2D eigenvalue weighted by Crippen LogP contribution is -2.17. The molecular weight excluding hydrogens is 276 g/mol. The number of fused-ring (bicyclic) bond motifs is 5. The number of benzene rings is 3. The average Bonchev–Trinajstić information content (AvgIpc) is 2.74. The predicted molar refractivity (Wildman–Crippen MR) is 100 cm³/mol. The van der Waals surface area contributed by atoms with Gasteiger partial charge in [0.25, 0.3) is 0 Å². The van der Waals surface area contributed by atoms with Gasteiger partial charge in [0.1, 0.15) is 0 Å². The van der Waals surface area contributed by atoms with Gasteiger partial charge >= 0.3 is 0 Å². The summed E-state index contributed by atoms with van der Waals surface area (Å²) in [5.74, 6) is 0. The molecule has 23 heavy (non-hydrogen) atoms. The number of rotatable bonds is 0. The Kier molecular flexibility index (Phi) is 2.82. The molecular formula is C23H24. The van der Waals surface area contributed by atoms with Gasteiger partial charge in [-0.3, -0.25) is 0 Å². The van der Waals surface area contributed by atoms with Crippen molar-refractivity contribution < 1.29 is 0 Å². The molecule has 0 fully saturated rings. The highest BCUT2D eigenvalue weighted by Crippen LogP contribution is 2.51. The average molecular weight is 300 g/mol. The predicted octanol–water partition coefficient (Wildman–Crippen LogP) is 6.44. The van der Waals surface area contributed by atoms with Crippen LogP contribution in [0.3, 0.4) is 0 Å². The van der Waals surface area contributed by atoms with Gasteiger partial charge in [0.2, 0.25) is 0 Å². The Morgan fingerprint density at radius 2 is 1.52 bits per heavy atom. The van der Waals surface area contributed by atoms with Gasteiger partial charge in [0.05, 0.1) is 0 Å². The van der Waals surface area contributed by atoms with Crippen LogP contribution in [0.5, 0.6) is 0 Å². The first kappa shape index (κ1) is 14.5. The third-order valence-electron chi connectivity index (χ3n) is 5.43. The van der Waals surface area contributed by atoms with Crippen molar-refractivity contribution in [3.63, 3.8) is 0 Å². The van der Waals surface area contributed by atoms with Gasteiger partial charge in [-0.2, -0.15) is 0 Å². The van der Waals surface area contributed by atoms with Crippen LogP contribution in [0.4, 0.5) is 0 Å². The summed E-state index contributed by atoms with van der Waals surface area (Å²) in [5.41, 5.74) is 7.44. The lowest BCUT2D eigenvalue weighted by atomic mass is 9.79. The SMILES string of the molecule is CC(C)(C)c1ccc2c(c1)C(C)(C)c1ccc3ccccc3c1-2. The van der Waals surface area contributed by atoms with E-state index in [1.54, 1.807) is 0 Å². The van der Waals surface area contributed by atoms with E-state index in [1.807, 2.05) is 0 Å². The fourth-order valence-corrected chi connectivity index (χ4v) is 3.97. The molecule has 0 saturated carbocycles. The molecule has 0 atom stereocenters. The first-order chi connectivity index (χ1) is 10.8. The van der Waals surface area contributed by atoms with E-state index in [9.17, 15) is 0 Å².